The molecule has 1 N–H and O–H groups in total. The monoisotopic (exact) mass is 387 g/mol. The number of sulfone groups is 1. The first-order chi connectivity index (χ1) is 12.6. The fourth-order valence-corrected chi connectivity index (χ4v) is 4.50. The molecule has 1 unspecified atom stereocenters. The topological polar surface area (TPSA) is 63.2 Å². The summed E-state index contributed by atoms with van der Waals surface area (Å²) >= 11 is 0. The fraction of sp³-hybridized carbons (Fsp3) is 0.409. The average molecular weight is 388 g/mol. The van der Waals surface area contributed by atoms with Gasteiger partial charge in [0.15, 0.2) is 9.84 Å². The second-order valence-corrected chi connectivity index (χ2v) is 9.91. The van der Waals surface area contributed by atoms with Crippen molar-refractivity contribution in [3.05, 3.63) is 65.7 Å². The first-order valence-corrected chi connectivity index (χ1v) is 10.9. The fourth-order valence-electron chi connectivity index (χ4n) is 3.26. The van der Waals surface area contributed by atoms with Crippen LogP contribution in [0.4, 0.5) is 0 Å². The van der Waals surface area contributed by atoms with Crippen LogP contribution in [0, 0.1) is 6.92 Å². The van der Waals surface area contributed by atoms with Crippen LogP contribution in [-0.2, 0) is 20.0 Å². The van der Waals surface area contributed by atoms with Crippen LogP contribution >= 0.6 is 0 Å². The van der Waals surface area contributed by atoms with E-state index in [4.69, 9.17) is 0 Å². The lowest BCUT2D eigenvalue weighted by Crippen LogP contribution is -2.37. The lowest BCUT2D eigenvalue weighted by molar-refractivity contribution is -0.121. The number of nitrogens with one attached hydrogen (secondary N) is 1. The van der Waals surface area contributed by atoms with Crippen molar-refractivity contribution in [3.63, 3.8) is 0 Å². The van der Waals surface area contributed by atoms with Gasteiger partial charge in [-0.15, -0.1) is 0 Å². The largest absolute Gasteiger partial charge is 0.354 e. The predicted molar refractivity (Wildman–Crippen MR) is 110 cm³/mol. The van der Waals surface area contributed by atoms with Gasteiger partial charge in [-0.05, 0) is 43.4 Å². The summed E-state index contributed by atoms with van der Waals surface area (Å²) < 4.78 is 24.7. The highest BCUT2D eigenvalue weighted by atomic mass is 32.2. The third-order valence-corrected chi connectivity index (χ3v) is 6.49. The molecule has 146 valence electrons. The minimum absolute atomic E-state index is 0.0354. The highest BCUT2D eigenvalue weighted by molar-refractivity contribution is 7.91. The highest BCUT2D eigenvalue weighted by Crippen LogP contribution is 2.28. The SMILES string of the molecule is Cc1ccc(S(=O)(=O)CCC(=O)NC(C)CC(C)(C)c2ccccc2)cc1. The number of hydrogen-bond donors (Lipinski definition) is 1. The van der Waals surface area contributed by atoms with E-state index in [9.17, 15) is 13.2 Å². The maximum Gasteiger partial charge on any atom is 0.221 e. The van der Waals surface area contributed by atoms with Crippen LogP contribution < -0.4 is 5.32 Å². The van der Waals surface area contributed by atoms with Crippen molar-refractivity contribution in [2.24, 2.45) is 0 Å². The zero-order valence-corrected chi connectivity index (χ0v) is 17.3. The second kappa shape index (κ2) is 8.70. The van der Waals surface area contributed by atoms with Crippen LogP contribution in [0.2, 0.25) is 0 Å². The molecule has 0 bridgehead atoms. The number of amides is 1. The molecular formula is C22H29NO3S. The Bertz CT molecular complexity index is 856. The van der Waals surface area contributed by atoms with Crippen LogP contribution in [0.15, 0.2) is 59.5 Å². The first-order valence-electron chi connectivity index (χ1n) is 9.24. The molecular weight excluding hydrogens is 358 g/mol. The number of rotatable bonds is 8. The first kappa shape index (κ1) is 21.2. The van der Waals surface area contributed by atoms with E-state index in [-0.39, 0.29) is 34.4 Å². The molecule has 1 atom stereocenters. The smallest absolute Gasteiger partial charge is 0.221 e. The van der Waals surface area contributed by atoms with Crippen molar-refractivity contribution in [1.82, 2.24) is 5.32 Å². The number of hydrogen-bond acceptors (Lipinski definition) is 3. The number of carbonyl (C=O) groups is 1. The summed E-state index contributed by atoms with van der Waals surface area (Å²) in [4.78, 5) is 12.5. The van der Waals surface area contributed by atoms with Crippen LogP contribution in [0.25, 0.3) is 0 Å². The predicted octanol–water partition coefficient (Wildman–Crippen LogP) is 4.03. The Morgan fingerprint density at radius 1 is 1.04 bits per heavy atom. The van der Waals surface area contributed by atoms with Crippen molar-refractivity contribution >= 4 is 15.7 Å². The third kappa shape index (κ3) is 6.21. The Balaban J connectivity index is 1.88. The van der Waals surface area contributed by atoms with Gasteiger partial charge in [-0.25, -0.2) is 8.42 Å². The molecule has 0 spiro atoms. The molecule has 0 fully saturated rings. The number of aryl methyl sites for hydroxylation is 1. The van der Waals surface area contributed by atoms with Gasteiger partial charge in [0.25, 0.3) is 0 Å². The molecule has 0 aliphatic carbocycles. The van der Waals surface area contributed by atoms with Gasteiger partial charge in [-0.1, -0.05) is 61.9 Å². The Kier molecular flexibility index (Phi) is 6.82. The quantitative estimate of drug-likeness (QED) is 0.744. The minimum atomic E-state index is -3.45. The van der Waals surface area contributed by atoms with Crippen molar-refractivity contribution < 1.29 is 13.2 Å². The number of benzene rings is 2. The lowest BCUT2D eigenvalue weighted by atomic mass is 9.79. The van der Waals surface area contributed by atoms with E-state index in [1.54, 1.807) is 24.3 Å². The van der Waals surface area contributed by atoms with Crippen LogP contribution in [-0.4, -0.2) is 26.1 Å². The maximum atomic E-state index is 12.4. The van der Waals surface area contributed by atoms with Gasteiger partial charge in [0.1, 0.15) is 0 Å². The molecule has 0 saturated heterocycles. The molecule has 0 saturated carbocycles. The normalized spacial score (nSPS) is 13.2. The van der Waals surface area contributed by atoms with E-state index in [0.717, 1.165) is 12.0 Å². The second-order valence-electron chi connectivity index (χ2n) is 7.80. The summed E-state index contributed by atoms with van der Waals surface area (Å²) in [5, 5.41) is 2.94. The van der Waals surface area contributed by atoms with Gasteiger partial charge in [0.05, 0.1) is 10.6 Å². The maximum absolute atomic E-state index is 12.4. The molecule has 0 aliphatic heterocycles. The molecule has 27 heavy (non-hydrogen) atoms. The van der Waals surface area contributed by atoms with Crippen LogP contribution in [0.1, 0.15) is 44.7 Å². The van der Waals surface area contributed by atoms with Gasteiger partial charge in [-0.3, -0.25) is 4.79 Å². The molecule has 0 radical (unpaired) electrons. The standard InChI is InChI=1S/C22H29NO3S/c1-17-10-12-20(13-11-17)27(25,26)15-14-21(24)23-18(2)16-22(3,4)19-8-6-5-7-9-19/h5-13,18H,14-16H2,1-4H3,(H,23,24). The molecule has 0 aliphatic rings. The summed E-state index contributed by atoms with van der Waals surface area (Å²) in [6, 6.07) is 16.8. The Hall–Kier alpha value is -2.14. The van der Waals surface area contributed by atoms with E-state index in [1.807, 2.05) is 32.0 Å². The summed E-state index contributed by atoms with van der Waals surface area (Å²) in [6.45, 7) is 8.15. The molecule has 2 aromatic rings. The average Bonchev–Trinajstić information content (AvgIpc) is 2.61. The Morgan fingerprint density at radius 3 is 2.22 bits per heavy atom. The Labute approximate surface area is 162 Å². The van der Waals surface area contributed by atoms with E-state index in [1.165, 1.54) is 5.56 Å². The van der Waals surface area contributed by atoms with E-state index < -0.39 is 9.84 Å². The van der Waals surface area contributed by atoms with Crippen molar-refractivity contribution in [1.29, 1.82) is 0 Å². The van der Waals surface area contributed by atoms with E-state index in [0.29, 0.717) is 0 Å². The van der Waals surface area contributed by atoms with Gasteiger partial charge >= 0.3 is 0 Å². The summed E-state index contributed by atoms with van der Waals surface area (Å²) in [6.07, 6.45) is 0.736. The molecule has 0 heterocycles. The van der Waals surface area contributed by atoms with Gasteiger partial charge in [-0.2, -0.15) is 0 Å². The molecule has 5 heteroatoms. The lowest BCUT2D eigenvalue weighted by Gasteiger charge is -2.29. The zero-order chi connectivity index (χ0) is 20.1. The third-order valence-electron chi connectivity index (χ3n) is 4.76. The van der Waals surface area contributed by atoms with Crippen molar-refractivity contribution in [2.75, 3.05) is 5.75 Å². The van der Waals surface area contributed by atoms with Crippen molar-refractivity contribution in [2.45, 2.75) is 56.9 Å². The highest BCUT2D eigenvalue weighted by Gasteiger charge is 2.24. The van der Waals surface area contributed by atoms with Gasteiger partial charge in [0, 0.05) is 12.5 Å². The van der Waals surface area contributed by atoms with Gasteiger partial charge in [0.2, 0.25) is 5.91 Å². The number of carbonyl (C=O) groups excluding carboxylic acids is 1. The van der Waals surface area contributed by atoms with Crippen molar-refractivity contribution in [3.8, 4) is 0 Å². The summed E-state index contributed by atoms with van der Waals surface area (Å²) in [7, 11) is -3.45. The minimum Gasteiger partial charge on any atom is -0.354 e. The molecule has 1 amide bonds. The van der Waals surface area contributed by atoms with E-state index in [2.05, 4.69) is 31.3 Å². The zero-order valence-electron chi connectivity index (χ0n) is 16.5. The summed E-state index contributed by atoms with van der Waals surface area (Å²) in [5.41, 5.74) is 2.14. The Morgan fingerprint density at radius 2 is 1.63 bits per heavy atom. The van der Waals surface area contributed by atoms with Crippen LogP contribution in [0.5, 0.6) is 0 Å². The molecule has 2 rings (SSSR count). The van der Waals surface area contributed by atoms with Crippen LogP contribution in [0.3, 0.4) is 0 Å². The molecule has 4 nitrogen and oxygen atoms in total. The van der Waals surface area contributed by atoms with E-state index >= 15 is 0 Å². The molecule has 0 aromatic heterocycles. The van der Waals surface area contributed by atoms with Gasteiger partial charge < -0.3 is 5.32 Å². The summed E-state index contributed by atoms with van der Waals surface area (Å²) in [5.74, 6) is -0.418. The molecule has 2 aromatic carbocycles.